The predicted octanol–water partition coefficient (Wildman–Crippen LogP) is 6.01. The molecule has 0 radical (unpaired) electrons. The summed E-state index contributed by atoms with van der Waals surface area (Å²) in [5.74, 6) is 0.707. The highest BCUT2D eigenvalue weighted by molar-refractivity contribution is 5.54. The Labute approximate surface area is 137 Å². The van der Waals surface area contributed by atoms with Gasteiger partial charge in [-0.3, -0.25) is 0 Å². The molecule has 0 spiro atoms. The molecule has 3 rings (SSSR count). The van der Waals surface area contributed by atoms with Gasteiger partial charge < -0.3 is 0 Å². The van der Waals surface area contributed by atoms with Crippen LogP contribution in [-0.2, 0) is 24.7 Å². The molecule has 0 aromatic heterocycles. The summed E-state index contributed by atoms with van der Waals surface area (Å²) in [4.78, 5) is 0. The van der Waals surface area contributed by atoms with E-state index in [1.165, 1.54) is 38.5 Å². The molecule has 1 aromatic carbocycles. The van der Waals surface area contributed by atoms with Gasteiger partial charge in [-0.15, -0.1) is 0 Å². The first-order valence-corrected chi connectivity index (χ1v) is 9.34. The molecule has 0 saturated heterocycles. The second-order valence-electron chi connectivity index (χ2n) is 7.91. The van der Waals surface area contributed by atoms with Gasteiger partial charge in [0, 0.05) is 5.41 Å². The third kappa shape index (κ3) is 2.02. The number of hydrogen-bond donors (Lipinski definition) is 0. The third-order valence-corrected chi connectivity index (χ3v) is 6.58. The van der Waals surface area contributed by atoms with E-state index >= 15 is 0 Å². The summed E-state index contributed by atoms with van der Waals surface area (Å²) in [5.41, 5.74) is 7.39. The minimum Gasteiger partial charge on any atom is -0.0851 e. The summed E-state index contributed by atoms with van der Waals surface area (Å²) < 4.78 is 0. The molecule has 0 bridgehead atoms. The van der Waals surface area contributed by atoms with Gasteiger partial charge in [0.25, 0.3) is 0 Å². The molecule has 120 valence electrons. The lowest BCUT2D eigenvalue weighted by molar-refractivity contribution is 0.166. The van der Waals surface area contributed by atoms with E-state index < -0.39 is 0 Å². The number of allylic oxidation sites excluding steroid dienone is 2. The van der Waals surface area contributed by atoms with Gasteiger partial charge in [-0.2, -0.15) is 0 Å². The highest BCUT2D eigenvalue weighted by Gasteiger charge is 2.55. The van der Waals surface area contributed by atoms with Crippen LogP contribution in [0, 0.1) is 11.3 Å². The Morgan fingerprint density at radius 1 is 1.14 bits per heavy atom. The number of hydrogen-bond acceptors (Lipinski definition) is 0. The van der Waals surface area contributed by atoms with Crippen molar-refractivity contribution in [2.24, 2.45) is 11.3 Å². The fourth-order valence-electron chi connectivity index (χ4n) is 5.44. The van der Waals surface area contributed by atoms with E-state index in [4.69, 9.17) is 0 Å². The number of rotatable bonds is 4. The summed E-state index contributed by atoms with van der Waals surface area (Å²) in [6.07, 6.45) is 12.6. The van der Waals surface area contributed by atoms with E-state index in [1.807, 2.05) is 0 Å². The van der Waals surface area contributed by atoms with Crippen LogP contribution in [0.4, 0.5) is 0 Å². The van der Waals surface area contributed by atoms with E-state index in [0.29, 0.717) is 16.7 Å². The Bertz CT molecular complexity index is 594. The fourth-order valence-corrected chi connectivity index (χ4v) is 5.44. The molecule has 0 heteroatoms. The average Bonchev–Trinajstić information content (AvgIpc) is 2.78. The minimum atomic E-state index is 0.324. The molecule has 0 fully saturated rings. The van der Waals surface area contributed by atoms with Gasteiger partial charge in [-0.05, 0) is 65.7 Å². The highest BCUT2D eigenvalue weighted by Crippen LogP contribution is 2.61. The number of benzene rings is 1. The SMILES string of the molecule is CCCc1ccc(CC)c2c1C1(CC)CC(C)C=CC1(C)C2. The zero-order valence-corrected chi connectivity index (χ0v) is 15.1. The molecule has 0 saturated carbocycles. The first kappa shape index (κ1) is 15.8. The van der Waals surface area contributed by atoms with Crippen LogP contribution in [-0.4, -0.2) is 0 Å². The molecular formula is C22H32. The van der Waals surface area contributed by atoms with Crippen LogP contribution >= 0.6 is 0 Å². The molecule has 22 heavy (non-hydrogen) atoms. The lowest BCUT2D eigenvalue weighted by Gasteiger charge is -2.47. The van der Waals surface area contributed by atoms with Crippen molar-refractivity contribution in [1.82, 2.24) is 0 Å². The lowest BCUT2D eigenvalue weighted by atomic mass is 9.56. The summed E-state index contributed by atoms with van der Waals surface area (Å²) in [6.45, 7) is 12.0. The van der Waals surface area contributed by atoms with E-state index in [9.17, 15) is 0 Å². The minimum absolute atomic E-state index is 0.324. The fraction of sp³-hybridized carbons (Fsp3) is 0.636. The zero-order valence-electron chi connectivity index (χ0n) is 15.1. The standard InChI is InChI=1S/C22H32/c1-6-9-18-11-10-17(7-2)19-15-21(5)13-12-16(4)14-22(21,8-3)20(18)19/h10-13,16H,6-9,14-15H2,1-5H3. The molecule has 0 nitrogen and oxygen atoms in total. The molecule has 1 aromatic rings. The summed E-state index contributed by atoms with van der Waals surface area (Å²) in [6, 6.07) is 4.87. The first-order valence-electron chi connectivity index (χ1n) is 9.34. The zero-order chi connectivity index (χ0) is 16.0. The Morgan fingerprint density at radius 2 is 1.86 bits per heavy atom. The smallest absolute Gasteiger partial charge is 0.00528 e. The maximum atomic E-state index is 2.57. The van der Waals surface area contributed by atoms with Gasteiger partial charge in [0.15, 0.2) is 0 Å². The van der Waals surface area contributed by atoms with Crippen molar-refractivity contribution in [3.05, 3.63) is 46.5 Å². The van der Waals surface area contributed by atoms with Gasteiger partial charge in [-0.1, -0.05) is 65.3 Å². The van der Waals surface area contributed by atoms with E-state index in [-0.39, 0.29) is 0 Å². The van der Waals surface area contributed by atoms with Crippen molar-refractivity contribution < 1.29 is 0 Å². The van der Waals surface area contributed by atoms with Gasteiger partial charge in [0.2, 0.25) is 0 Å². The number of fused-ring (bicyclic) bond motifs is 3. The molecule has 3 unspecified atom stereocenters. The van der Waals surface area contributed by atoms with Crippen LogP contribution in [0.3, 0.4) is 0 Å². The van der Waals surface area contributed by atoms with Crippen molar-refractivity contribution >= 4 is 0 Å². The molecule has 3 atom stereocenters. The van der Waals surface area contributed by atoms with Gasteiger partial charge in [-0.25, -0.2) is 0 Å². The monoisotopic (exact) mass is 296 g/mol. The highest BCUT2D eigenvalue weighted by atomic mass is 14.6. The Kier molecular flexibility index (Phi) is 4.00. The average molecular weight is 296 g/mol. The van der Waals surface area contributed by atoms with Crippen molar-refractivity contribution in [3.63, 3.8) is 0 Å². The molecule has 2 aliphatic carbocycles. The maximum absolute atomic E-state index is 2.57. The molecule has 0 aliphatic heterocycles. The van der Waals surface area contributed by atoms with E-state index in [1.54, 1.807) is 22.3 Å². The van der Waals surface area contributed by atoms with Gasteiger partial charge in [0.1, 0.15) is 0 Å². The topological polar surface area (TPSA) is 0 Å². The largest absolute Gasteiger partial charge is 0.0851 e. The second kappa shape index (κ2) is 5.55. The molecule has 0 heterocycles. The van der Waals surface area contributed by atoms with Crippen LogP contribution in [0.15, 0.2) is 24.3 Å². The summed E-state index contributed by atoms with van der Waals surface area (Å²) in [7, 11) is 0. The third-order valence-electron chi connectivity index (χ3n) is 6.58. The first-order chi connectivity index (χ1) is 10.5. The molecule has 2 aliphatic rings. The van der Waals surface area contributed by atoms with Crippen LogP contribution in [0.1, 0.15) is 76.1 Å². The Morgan fingerprint density at radius 3 is 2.50 bits per heavy atom. The van der Waals surface area contributed by atoms with Crippen LogP contribution in [0.5, 0.6) is 0 Å². The van der Waals surface area contributed by atoms with Crippen LogP contribution < -0.4 is 0 Å². The molecule has 0 amide bonds. The molecular weight excluding hydrogens is 264 g/mol. The maximum Gasteiger partial charge on any atom is 0.00528 e. The van der Waals surface area contributed by atoms with Gasteiger partial charge >= 0.3 is 0 Å². The second-order valence-corrected chi connectivity index (χ2v) is 7.91. The van der Waals surface area contributed by atoms with Crippen molar-refractivity contribution in [2.75, 3.05) is 0 Å². The Hall–Kier alpha value is -1.04. The lowest BCUT2D eigenvalue weighted by Crippen LogP contribution is -2.43. The Balaban J connectivity index is 2.27. The quantitative estimate of drug-likeness (QED) is 0.597. The van der Waals surface area contributed by atoms with E-state index in [2.05, 4.69) is 58.9 Å². The van der Waals surface area contributed by atoms with Crippen LogP contribution in [0.2, 0.25) is 0 Å². The van der Waals surface area contributed by atoms with Crippen LogP contribution in [0.25, 0.3) is 0 Å². The summed E-state index contributed by atoms with van der Waals surface area (Å²) >= 11 is 0. The summed E-state index contributed by atoms with van der Waals surface area (Å²) in [5, 5.41) is 0. The van der Waals surface area contributed by atoms with Crippen molar-refractivity contribution in [2.45, 2.75) is 78.6 Å². The molecule has 0 N–H and O–H groups in total. The van der Waals surface area contributed by atoms with Crippen molar-refractivity contribution in [1.29, 1.82) is 0 Å². The van der Waals surface area contributed by atoms with Crippen molar-refractivity contribution in [3.8, 4) is 0 Å². The van der Waals surface area contributed by atoms with Gasteiger partial charge in [0.05, 0.1) is 0 Å². The number of aryl methyl sites for hydroxylation is 2. The predicted molar refractivity (Wildman–Crippen MR) is 96.5 cm³/mol. The van der Waals surface area contributed by atoms with E-state index in [0.717, 1.165) is 0 Å². The normalized spacial score (nSPS) is 32.9.